The van der Waals surface area contributed by atoms with E-state index in [1.165, 1.54) is 25.7 Å². The van der Waals surface area contributed by atoms with Crippen LogP contribution in [0.5, 0.6) is 0 Å². The van der Waals surface area contributed by atoms with Crippen molar-refractivity contribution in [2.75, 3.05) is 7.05 Å². The van der Waals surface area contributed by atoms with Crippen molar-refractivity contribution in [3.05, 3.63) is 0 Å². The molecule has 96 valence electrons. The Morgan fingerprint density at radius 2 is 1.35 bits per heavy atom. The molecule has 5 aliphatic rings. The fourth-order valence-electron chi connectivity index (χ4n) is 6.58. The third-order valence-corrected chi connectivity index (χ3v) is 6.86. The van der Waals surface area contributed by atoms with Gasteiger partial charge in [0.2, 0.25) is 0 Å². The molecule has 0 aliphatic heterocycles. The first-order valence-electron chi connectivity index (χ1n) is 7.99. The minimum absolute atomic E-state index is 0.558. The molecule has 0 heterocycles. The molecule has 0 amide bonds. The van der Waals surface area contributed by atoms with E-state index in [1.807, 2.05) is 0 Å². The molecule has 17 heavy (non-hydrogen) atoms. The molecule has 4 bridgehead atoms. The number of hydrogen-bond donors (Lipinski definition) is 1. The Morgan fingerprint density at radius 1 is 0.824 bits per heavy atom. The largest absolute Gasteiger partial charge is 0.314 e. The van der Waals surface area contributed by atoms with E-state index in [4.69, 9.17) is 0 Å². The van der Waals surface area contributed by atoms with Crippen molar-refractivity contribution >= 4 is 0 Å². The summed E-state index contributed by atoms with van der Waals surface area (Å²) in [5, 5.41) is 3.81. The van der Waals surface area contributed by atoms with Crippen LogP contribution in [-0.4, -0.2) is 12.6 Å². The molecule has 0 spiro atoms. The highest BCUT2D eigenvalue weighted by molar-refractivity contribution is 5.08. The van der Waals surface area contributed by atoms with E-state index < -0.39 is 0 Å². The number of rotatable bonds is 2. The predicted molar refractivity (Wildman–Crippen MR) is 70.8 cm³/mol. The van der Waals surface area contributed by atoms with Gasteiger partial charge in [-0.15, -0.1) is 0 Å². The second-order valence-corrected chi connectivity index (χ2v) is 7.57. The summed E-state index contributed by atoms with van der Waals surface area (Å²) in [7, 11) is 2.25. The van der Waals surface area contributed by atoms with Crippen LogP contribution >= 0.6 is 0 Å². The molecule has 0 saturated heterocycles. The van der Waals surface area contributed by atoms with E-state index in [9.17, 15) is 0 Å². The highest BCUT2D eigenvalue weighted by atomic mass is 15.0. The molecule has 1 nitrogen and oxygen atoms in total. The van der Waals surface area contributed by atoms with Crippen molar-refractivity contribution in [2.24, 2.45) is 29.6 Å². The zero-order valence-corrected chi connectivity index (χ0v) is 11.3. The summed E-state index contributed by atoms with van der Waals surface area (Å²) in [5.74, 6) is 5.49. The first-order valence-corrected chi connectivity index (χ1v) is 7.99. The van der Waals surface area contributed by atoms with Gasteiger partial charge >= 0.3 is 0 Å². The number of hydrogen-bond acceptors (Lipinski definition) is 1. The lowest BCUT2D eigenvalue weighted by atomic mass is 9.48. The van der Waals surface area contributed by atoms with Crippen molar-refractivity contribution in [3.8, 4) is 0 Å². The SMILES string of the molecule is CNC1(C2C3CC4CC(C3)CC2C4)CCCC1. The van der Waals surface area contributed by atoms with Gasteiger partial charge in [0.15, 0.2) is 0 Å². The second-order valence-electron chi connectivity index (χ2n) is 7.57. The molecule has 0 radical (unpaired) electrons. The Morgan fingerprint density at radius 3 is 1.82 bits per heavy atom. The van der Waals surface area contributed by atoms with E-state index in [2.05, 4.69) is 12.4 Å². The monoisotopic (exact) mass is 233 g/mol. The van der Waals surface area contributed by atoms with Gasteiger partial charge in [-0.05, 0) is 81.6 Å². The normalized spacial score (nSPS) is 51.0. The summed E-state index contributed by atoms with van der Waals surface area (Å²) < 4.78 is 0. The zero-order valence-electron chi connectivity index (χ0n) is 11.3. The molecule has 0 atom stereocenters. The smallest absolute Gasteiger partial charge is 0.0212 e. The van der Waals surface area contributed by atoms with Gasteiger partial charge in [-0.3, -0.25) is 0 Å². The van der Waals surface area contributed by atoms with Gasteiger partial charge in [0.1, 0.15) is 0 Å². The molecular weight excluding hydrogens is 206 g/mol. The van der Waals surface area contributed by atoms with Crippen LogP contribution in [-0.2, 0) is 0 Å². The molecule has 0 aromatic rings. The maximum Gasteiger partial charge on any atom is 0.0212 e. The number of nitrogens with one attached hydrogen (secondary N) is 1. The Labute approximate surface area is 106 Å². The van der Waals surface area contributed by atoms with Crippen molar-refractivity contribution in [2.45, 2.75) is 63.3 Å². The third kappa shape index (κ3) is 1.47. The third-order valence-electron chi connectivity index (χ3n) is 6.86. The summed E-state index contributed by atoms with van der Waals surface area (Å²) in [6.45, 7) is 0. The van der Waals surface area contributed by atoms with Gasteiger partial charge in [-0.25, -0.2) is 0 Å². The quantitative estimate of drug-likeness (QED) is 0.768. The average molecular weight is 233 g/mol. The van der Waals surface area contributed by atoms with Crippen LogP contribution in [0.3, 0.4) is 0 Å². The van der Waals surface area contributed by atoms with Gasteiger partial charge in [0.05, 0.1) is 0 Å². The van der Waals surface area contributed by atoms with Crippen molar-refractivity contribution in [3.63, 3.8) is 0 Å². The summed E-state index contributed by atoms with van der Waals surface area (Å²) in [4.78, 5) is 0. The van der Waals surface area contributed by atoms with Gasteiger partial charge in [0.25, 0.3) is 0 Å². The average Bonchev–Trinajstić information content (AvgIpc) is 2.77. The van der Waals surface area contributed by atoms with Crippen molar-refractivity contribution in [1.82, 2.24) is 5.32 Å². The van der Waals surface area contributed by atoms with Gasteiger partial charge in [0, 0.05) is 5.54 Å². The minimum atomic E-state index is 0.558. The Kier molecular flexibility index (Phi) is 2.38. The highest BCUT2D eigenvalue weighted by Gasteiger charge is 2.55. The predicted octanol–water partition coefficient (Wildman–Crippen LogP) is 3.59. The lowest BCUT2D eigenvalue weighted by Gasteiger charge is -2.59. The van der Waals surface area contributed by atoms with E-state index in [-0.39, 0.29) is 0 Å². The lowest BCUT2D eigenvalue weighted by molar-refractivity contribution is -0.0757. The minimum Gasteiger partial charge on any atom is -0.314 e. The fourth-order valence-corrected chi connectivity index (χ4v) is 6.58. The van der Waals surface area contributed by atoms with Gasteiger partial charge in [-0.2, -0.15) is 0 Å². The van der Waals surface area contributed by atoms with Crippen LogP contribution in [0.1, 0.15) is 57.8 Å². The molecule has 5 aliphatic carbocycles. The Hall–Kier alpha value is -0.0400. The maximum atomic E-state index is 3.81. The van der Waals surface area contributed by atoms with Crippen LogP contribution in [0, 0.1) is 29.6 Å². The van der Waals surface area contributed by atoms with E-state index in [0.717, 1.165) is 29.6 Å². The molecule has 1 N–H and O–H groups in total. The summed E-state index contributed by atoms with van der Waals surface area (Å²) in [6.07, 6.45) is 13.8. The van der Waals surface area contributed by atoms with Crippen molar-refractivity contribution in [1.29, 1.82) is 0 Å². The topological polar surface area (TPSA) is 12.0 Å². The molecule has 5 rings (SSSR count). The molecule has 0 aromatic carbocycles. The molecule has 5 fully saturated rings. The second kappa shape index (κ2) is 3.73. The maximum absolute atomic E-state index is 3.81. The fraction of sp³-hybridized carbons (Fsp3) is 1.00. The molecule has 0 aromatic heterocycles. The summed E-state index contributed by atoms with van der Waals surface area (Å²) in [5.41, 5.74) is 0.558. The van der Waals surface area contributed by atoms with Crippen LogP contribution < -0.4 is 5.32 Å². The molecule has 5 saturated carbocycles. The summed E-state index contributed by atoms with van der Waals surface area (Å²) >= 11 is 0. The first-order chi connectivity index (χ1) is 8.31. The lowest BCUT2D eigenvalue weighted by Crippen LogP contribution is -2.58. The van der Waals surface area contributed by atoms with Crippen LogP contribution in [0.25, 0.3) is 0 Å². The van der Waals surface area contributed by atoms with Crippen LogP contribution in [0.2, 0.25) is 0 Å². The standard InChI is InChI=1S/C16H27N/c1-17-16(4-2-3-5-16)15-13-7-11-6-12(9-13)10-14(15)8-11/h11-15,17H,2-10H2,1H3. The zero-order chi connectivity index (χ0) is 11.5. The molecule has 1 heteroatoms. The van der Waals surface area contributed by atoms with Gasteiger partial charge in [-0.1, -0.05) is 12.8 Å². The Balaban J connectivity index is 1.65. The van der Waals surface area contributed by atoms with E-state index in [1.54, 1.807) is 32.1 Å². The Bertz CT molecular complexity index is 275. The molecular formula is C16H27N. The molecule has 0 unspecified atom stereocenters. The van der Waals surface area contributed by atoms with E-state index in [0.29, 0.717) is 5.54 Å². The van der Waals surface area contributed by atoms with Gasteiger partial charge < -0.3 is 5.32 Å². The van der Waals surface area contributed by atoms with Crippen LogP contribution in [0.15, 0.2) is 0 Å². The summed E-state index contributed by atoms with van der Waals surface area (Å²) in [6, 6.07) is 0. The first kappa shape index (κ1) is 10.8. The van der Waals surface area contributed by atoms with Crippen molar-refractivity contribution < 1.29 is 0 Å². The highest BCUT2D eigenvalue weighted by Crippen LogP contribution is 2.61. The van der Waals surface area contributed by atoms with Crippen LogP contribution in [0.4, 0.5) is 0 Å². The van der Waals surface area contributed by atoms with E-state index >= 15 is 0 Å².